The molecule has 0 atom stereocenters. The van der Waals surface area contributed by atoms with Crippen LogP contribution >= 0.6 is 0 Å². The number of ether oxygens (including phenoxy) is 2. The molecule has 0 fully saturated rings. The van der Waals surface area contributed by atoms with Crippen LogP contribution in [0.4, 0.5) is 5.95 Å². The zero-order valence-electron chi connectivity index (χ0n) is 16.0. The number of aromatic nitrogens is 4. The summed E-state index contributed by atoms with van der Waals surface area (Å²) in [7, 11) is 2.86. The molecule has 0 aliphatic carbocycles. The second-order valence-electron chi connectivity index (χ2n) is 6.27. The molecule has 0 aliphatic rings. The SMILES string of the molecule is COc1cc(-c2nc3nc(N)nc(O)c3nc2-c2ccc(O)c(OC)c2)ccc1O. The van der Waals surface area contributed by atoms with E-state index in [2.05, 4.69) is 19.9 Å². The van der Waals surface area contributed by atoms with Gasteiger partial charge in [-0.15, -0.1) is 0 Å². The lowest BCUT2D eigenvalue weighted by Crippen LogP contribution is -2.02. The van der Waals surface area contributed by atoms with Crippen LogP contribution in [0.15, 0.2) is 36.4 Å². The Bertz CT molecular complexity index is 1280. The topological polar surface area (TPSA) is 157 Å². The van der Waals surface area contributed by atoms with Crippen LogP contribution < -0.4 is 15.2 Å². The lowest BCUT2D eigenvalue weighted by molar-refractivity contribution is 0.373. The van der Waals surface area contributed by atoms with Crippen LogP contribution in [-0.2, 0) is 0 Å². The molecule has 0 unspecified atom stereocenters. The number of methoxy groups -OCH3 is 2. The lowest BCUT2D eigenvalue weighted by Gasteiger charge is -2.13. The molecule has 0 amide bonds. The van der Waals surface area contributed by atoms with Crippen molar-refractivity contribution in [2.45, 2.75) is 0 Å². The maximum atomic E-state index is 10.2. The summed E-state index contributed by atoms with van der Waals surface area (Å²) in [6.07, 6.45) is 0. The number of hydrogen-bond donors (Lipinski definition) is 4. The highest BCUT2D eigenvalue weighted by molar-refractivity contribution is 5.87. The van der Waals surface area contributed by atoms with Crippen LogP contribution in [-0.4, -0.2) is 49.5 Å². The molecule has 0 bridgehead atoms. The molecule has 0 spiro atoms. The Hall–Kier alpha value is -4.34. The minimum Gasteiger partial charge on any atom is -0.504 e. The molecular weight excluding hydrogens is 390 g/mol. The Kier molecular flexibility index (Phi) is 4.59. The average molecular weight is 407 g/mol. The molecule has 0 radical (unpaired) electrons. The quantitative estimate of drug-likeness (QED) is 0.396. The zero-order valence-corrected chi connectivity index (χ0v) is 16.0. The largest absolute Gasteiger partial charge is 0.504 e. The van der Waals surface area contributed by atoms with Gasteiger partial charge >= 0.3 is 0 Å². The number of nitrogen functional groups attached to an aromatic ring is 1. The van der Waals surface area contributed by atoms with Gasteiger partial charge in [-0.3, -0.25) is 0 Å². The number of rotatable bonds is 4. The van der Waals surface area contributed by atoms with Crippen molar-refractivity contribution in [3.05, 3.63) is 36.4 Å². The van der Waals surface area contributed by atoms with Crippen LogP contribution in [0.5, 0.6) is 28.9 Å². The first kappa shape index (κ1) is 19.0. The Labute approximate surface area is 170 Å². The standard InChI is InChI=1S/C20H17N5O5/c1-29-13-7-9(3-5-11(13)26)15-16(10-4-6-12(27)14(8-10)30-2)23-18-17(22-15)19(28)25-20(21)24-18/h3-8,26-27H,1-2H3,(H3,21,23,24,25,28). The van der Waals surface area contributed by atoms with Crippen molar-refractivity contribution in [3.63, 3.8) is 0 Å². The van der Waals surface area contributed by atoms with Crippen molar-refractivity contribution >= 4 is 17.1 Å². The van der Waals surface area contributed by atoms with Gasteiger partial charge in [-0.25, -0.2) is 9.97 Å². The van der Waals surface area contributed by atoms with Crippen LogP contribution in [0.2, 0.25) is 0 Å². The number of aromatic hydroxyl groups is 3. The van der Waals surface area contributed by atoms with Crippen molar-refractivity contribution in [1.82, 2.24) is 19.9 Å². The fourth-order valence-electron chi connectivity index (χ4n) is 3.00. The zero-order chi connectivity index (χ0) is 21.4. The maximum Gasteiger partial charge on any atom is 0.244 e. The molecule has 2 aromatic carbocycles. The summed E-state index contributed by atoms with van der Waals surface area (Å²) < 4.78 is 10.4. The third kappa shape index (κ3) is 3.20. The highest BCUT2D eigenvalue weighted by Gasteiger charge is 2.19. The predicted octanol–water partition coefficient (Wildman–Crippen LogP) is 2.47. The van der Waals surface area contributed by atoms with Crippen molar-refractivity contribution in [2.75, 3.05) is 20.0 Å². The number of phenolic OH excluding ortho intramolecular Hbond substituents is 2. The summed E-state index contributed by atoms with van der Waals surface area (Å²) in [5.41, 5.74) is 7.65. The second kappa shape index (κ2) is 7.24. The van der Waals surface area contributed by atoms with Gasteiger partial charge in [0, 0.05) is 11.1 Å². The summed E-state index contributed by atoms with van der Waals surface area (Å²) in [5.74, 6) is -0.154. The number of fused-ring (bicyclic) bond motifs is 1. The van der Waals surface area contributed by atoms with Gasteiger partial charge in [-0.05, 0) is 36.4 Å². The van der Waals surface area contributed by atoms with E-state index in [0.717, 1.165) is 0 Å². The monoisotopic (exact) mass is 407 g/mol. The van der Waals surface area contributed by atoms with Gasteiger partial charge in [-0.1, -0.05) is 0 Å². The average Bonchev–Trinajstić information content (AvgIpc) is 2.73. The molecule has 10 heteroatoms. The minimum atomic E-state index is -0.410. The van der Waals surface area contributed by atoms with Crippen molar-refractivity contribution in [3.8, 4) is 51.4 Å². The predicted molar refractivity (Wildman–Crippen MR) is 109 cm³/mol. The number of nitrogens with two attached hydrogens (primary N) is 1. The maximum absolute atomic E-state index is 10.2. The van der Waals surface area contributed by atoms with E-state index in [1.54, 1.807) is 24.3 Å². The number of anilines is 1. The molecule has 10 nitrogen and oxygen atoms in total. The molecule has 152 valence electrons. The van der Waals surface area contributed by atoms with Gasteiger partial charge in [0.2, 0.25) is 11.8 Å². The van der Waals surface area contributed by atoms with Crippen LogP contribution in [0.25, 0.3) is 33.7 Å². The molecule has 0 aliphatic heterocycles. The molecule has 2 aromatic heterocycles. The van der Waals surface area contributed by atoms with E-state index in [-0.39, 0.29) is 40.1 Å². The van der Waals surface area contributed by atoms with Gasteiger partial charge < -0.3 is 30.5 Å². The summed E-state index contributed by atoms with van der Waals surface area (Å²) in [6.45, 7) is 0. The summed E-state index contributed by atoms with van der Waals surface area (Å²) >= 11 is 0. The molecule has 4 aromatic rings. The van der Waals surface area contributed by atoms with Crippen molar-refractivity contribution in [1.29, 1.82) is 0 Å². The lowest BCUT2D eigenvalue weighted by atomic mass is 10.0. The van der Waals surface area contributed by atoms with E-state index in [1.807, 2.05) is 0 Å². The summed E-state index contributed by atoms with van der Waals surface area (Å²) in [5, 5.41) is 30.1. The van der Waals surface area contributed by atoms with Gasteiger partial charge in [0.1, 0.15) is 0 Å². The Morgan fingerprint density at radius 2 is 1.27 bits per heavy atom. The molecule has 30 heavy (non-hydrogen) atoms. The first-order valence-electron chi connectivity index (χ1n) is 8.70. The van der Waals surface area contributed by atoms with E-state index < -0.39 is 5.88 Å². The van der Waals surface area contributed by atoms with E-state index >= 15 is 0 Å². The first-order chi connectivity index (χ1) is 14.4. The van der Waals surface area contributed by atoms with E-state index in [4.69, 9.17) is 15.2 Å². The van der Waals surface area contributed by atoms with Gasteiger partial charge in [0.05, 0.1) is 25.6 Å². The third-order valence-electron chi connectivity index (χ3n) is 4.44. The van der Waals surface area contributed by atoms with E-state index in [0.29, 0.717) is 22.5 Å². The fourth-order valence-corrected chi connectivity index (χ4v) is 3.00. The first-order valence-corrected chi connectivity index (χ1v) is 8.70. The Balaban J connectivity index is 2.05. The number of hydrogen-bond acceptors (Lipinski definition) is 10. The van der Waals surface area contributed by atoms with E-state index in [1.165, 1.54) is 26.4 Å². The number of nitrogens with zero attached hydrogens (tertiary/aromatic N) is 4. The molecule has 2 heterocycles. The number of phenols is 2. The van der Waals surface area contributed by atoms with Crippen LogP contribution in [0, 0.1) is 0 Å². The fraction of sp³-hybridized carbons (Fsp3) is 0.100. The summed E-state index contributed by atoms with van der Waals surface area (Å²) in [4.78, 5) is 16.8. The van der Waals surface area contributed by atoms with E-state index in [9.17, 15) is 15.3 Å². The van der Waals surface area contributed by atoms with Crippen LogP contribution in [0.1, 0.15) is 0 Å². The normalized spacial score (nSPS) is 10.9. The second-order valence-corrected chi connectivity index (χ2v) is 6.27. The van der Waals surface area contributed by atoms with Crippen molar-refractivity contribution in [2.24, 2.45) is 0 Å². The third-order valence-corrected chi connectivity index (χ3v) is 4.44. The Morgan fingerprint density at radius 3 is 1.80 bits per heavy atom. The Morgan fingerprint density at radius 1 is 0.733 bits per heavy atom. The minimum absolute atomic E-state index is 0.0351. The smallest absolute Gasteiger partial charge is 0.244 e. The molecule has 5 N–H and O–H groups in total. The van der Waals surface area contributed by atoms with Gasteiger partial charge in [0.15, 0.2) is 34.2 Å². The molecule has 4 rings (SSSR count). The van der Waals surface area contributed by atoms with Crippen molar-refractivity contribution < 1.29 is 24.8 Å². The molecule has 0 saturated heterocycles. The highest BCUT2D eigenvalue weighted by Crippen LogP contribution is 2.38. The van der Waals surface area contributed by atoms with Gasteiger partial charge in [0.25, 0.3) is 0 Å². The van der Waals surface area contributed by atoms with Crippen LogP contribution in [0.3, 0.4) is 0 Å². The molecular formula is C20H17N5O5. The summed E-state index contributed by atoms with van der Waals surface area (Å²) in [6, 6.07) is 9.37. The number of benzene rings is 2. The van der Waals surface area contributed by atoms with Gasteiger partial charge in [-0.2, -0.15) is 9.97 Å². The molecule has 0 saturated carbocycles. The highest BCUT2D eigenvalue weighted by atomic mass is 16.5.